The Labute approximate surface area is 129 Å². The molecule has 7 nitrogen and oxygen atoms in total. The Bertz CT molecular complexity index is 455. The number of carbonyl (C=O) groups excluding carboxylic acids is 3. The number of hydrogen-bond acceptors (Lipinski definition) is 4. The Morgan fingerprint density at radius 3 is 2.18 bits per heavy atom. The Morgan fingerprint density at radius 1 is 1.05 bits per heavy atom. The summed E-state index contributed by atoms with van der Waals surface area (Å²) >= 11 is 0. The number of nitrogens with one attached hydrogen (secondary N) is 2. The highest BCUT2D eigenvalue weighted by molar-refractivity contribution is 5.96. The van der Waals surface area contributed by atoms with Crippen LogP contribution in [0.3, 0.4) is 0 Å². The molecule has 0 unspecified atom stereocenters. The van der Waals surface area contributed by atoms with Crippen molar-refractivity contribution >= 4 is 23.7 Å². The van der Waals surface area contributed by atoms with E-state index in [-0.39, 0.29) is 36.5 Å². The van der Waals surface area contributed by atoms with Crippen molar-refractivity contribution in [3.8, 4) is 0 Å². The number of carbonyl (C=O) groups is 4. The molecule has 0 saturated heterocycles. The van der Waals surface area contributed by atoms with Crippen LogP contribution in [0.1, 0.15) is 52.4 Å². The molecular weight excluding hydrogens is 288 g/mol. The average molecular weight is 312 g/mol. The van der Waals surface area contributed by atoms with Gasteiger partial charge < -0.3 is 10.4 Å². The molecule has 1 rings (SSSR count). The van der Waals surface area contributed by atoms with Crippen molar-refractivity contribution in [3.63, 3.8) is 0 Å². The van der Waals surface area contributed by atoms with Crippen LogP contribution >= 0.6 is 0 Å². The predicted octanol–water partition coefficient (Wildman–Crippen LogP) is 0.827. The molecule has 3 amide bonds. The second kappa shape index (κ2) is 7.91. The van der Waals surface area contributed by atoms with Gasteiger partial charge in [0.25, 0.3) is 0 Å². The van der Waals surface area contributed by atoms with Gasteiger partial charge in [0.15, 0.2) is 0 Å². The van der Waals surface area contributed by atoms with Gasteiger partial charge in [-0.25, -0.2) is 0 Å². The number of imide groups is 1. The number of carboxylic acid groups (broad SMARTS) is 1. The predicted molar refractivity (Wildman–Crippen MR) is 78.8 cm³/mol. The van der Waals surface area contributed by atoms with Gasteiger partial charge in [0.05, 0.1) is 6.42 Å². The minimum absolute atomic E-state index is 0.0707. The largest absolute Gasteiger partial charge is 0.481 e. The van der Waals surface area contributed by atoms with Crippen molar-refractivity contribution in [2.24, 2.45) is 11.3 Å². The summed E-state index contributed by atoms with van der Waals surface area (Å²) in [6, 6.07) is 0. The van der Waals surface area contributed by atoms with E-state index in [1.54, 1.807) is 0 Å². The van der Waals surface area contributed by atoms with E-state index in [1.807, 2.05) is 13.8 Å². The van der Waals surface area contributed by atoms with Crippen LogP contribution in [0, 0.1) is 11.3 Å². The van der Waals surface area contributed by atoms with E-state index < -0.39 is 17.8 Å². The zero-order valence-electron chi connectivity index (χ0n) is 13.1. The Kier molecular flexibility index (Phi) is 6.52. The maximum absolute atomic E-state index is 11.6. The van der Waals surface area contributed by atoms with Crippen LogP contribution in [0.5, 0.6) is 0 Å². The van der Waals surface area contributed by atoms with Gasteiger partial charge in [0.1, 0.15) is 0 Å². The summed E-state index contributed by atoms with van der Waals surface area (Å²) in [6.07, 6.45) is 2.08. The summed E-state index contributed by atoms with van der Waals surface area (Å²) in [5.41, 5.74) is -0.244. The van der Waals surface area contributed by atoms with Gasteiger partial charge in [-0.05, 0) is 24.7 Å². The van der Waals surface area contributed by atoms with E-state index in [0.29, 0.717) is 13.0 Å². The molecule has 1 aliphatic carbocycles. The highest BCUT2D eigenvalue weighted by atomic mass is 16.4. The van der Waals surface area contributed by atoms with Crippen LogP contribution in [-0.2, 0) is 19.2 Å². The zero-order chi connectivity index (χ0) is 16.8. The molecule has 0 bridgehead atoms. The van der Waals surface area contributed by atoms with Gasteiger partial charge in [-0.2, -0.15) is 0 Å². The molecule has 0 radical (unpaired) electrons. The highest BCUT2D eigenvalue weighted by Gasteiger charge is 2.30. The van der Waals surface area contributed by atoms with E-state index in [9.17, 15) is 19.2 Å². The molecule has 0 spiro atoms. The lowest BCUT2D eigenvalue weighted by atomic mass is 9.87. The molecule has 0 aromatic rings. The lowest BCUT2D eigenvalue weighted by Gasteiger charge is -2.24. The second-order valence-electron chi connectivity index (χ2n) is 6.52. The van der Waals surface area contributed by atoms with Crippen LogP contribution in [0.25, 0.3) is 0 Å². The summed E-state index contributed by atoms with van der Waals surface area (Å²) in [4.78, 5) is 44.9. The third-order valence-corrected chi connectivity index (χ3v) is 3.56. The first-order valence-electron chi connectivity index (χ1n) is 7.52. The molecule has 0 atom stereocenters. The van der Waals surface area contributed by atoms with Crippen molar-refractivity contribution in [1.29, 1.82) is 0 Å². The Hall–Kier alpha value is -1.92. The molecule has 1 saturated carbocycles. The lowest BCUT2D eigenvalue weighted by molar-refractivity contribution is -0.140. The maximum Gasteiger partial charge on any atom is 0.303 e. The first kappa shape index (κ1) is 18.1. The smallest absolute Gasteiger partial charge is 0.303 e. The lowest BCUT2D eigenvalue weighted by Crippen LogP contribution is -2.36. The molecule has 0 heterocycles. The summed E-state index contributed by atoms with van der Waals surface area (Å²) in [5, 5.41) is 13.5. The second-order valence-corrected chi connectivity index (χ2v) is 6.52. The van der Waals surface area contributed by atoms with E-state index in [1.165, 1.54) is 0 Å². The molecule has 22 heavy (non-hydrogen) atoms. The number of amides is 3. The van der Waals surface area contributed by atoms with Crippen molar-refractivity contribution in [1.82, 2.24) is 10.6 Å². The summed E-state index contributed by atoms with van der Waals surface area (Å²) in [5.74, 6) is -1.84. The summed E-state index contributed by atoms with van der Waals surface area (Å²) < 4.78 is 0. The van der Waals surface area contributed by atoms with Crippen molar-refractivity contribution in [2.75, 3.05) is 6.54 Å². The number of carboxylic acids is 1. The van der Waals surface area contributed by atoms with Crippen molar-refractivity contribution in [2.45, 2.75) is 52.4 Å². The molecule has 3 N–H and O–H groups in total. The molecule has 0 aliphatic heterocycles. The molecule has 0 aromatic heterocycles. The van der Waals surface area contributed by atoms with Crippen LogP contribution in [0.15, 0.2) is 0 Å². The van der Waals surface area contributed by atoms with Gasteiger partial charge in [-0.15, -0.1) is 0 Å². The first-order valence-corrected chi connectivity index (χ1v) is 7.52. The standard InChI is InChI=1S/C15H24N2O5/c1-15(2,9-16-14(22)10-3-4-10)8-7-12(19)17-11(18)5-6-13(20)21/h10H,3-9H2,1-2H3,(H,16,22)(H,20,21)(H,17,18,19). The molecule has 7 heteroatoms. The topological polar surface area (TPSA) is 113 Å². The average Bonchev–Trinajstić information content (AvgIpc) is 3.25. The number of hydrogen-bond donors (Lipinski definition) is 3. The summed E-state index contributed by atoms with van der Waals surface area (Å²) in [6.45, 7) is 4.38. The van der Waals surface area contributed by atoms with Gasteiger partial charge in [0.2, 0.25) is 17.7 Å². The van der Waals surface area contributed by atoms with E-state index in [2.05, 4.69) is 10.6 Å². The fourth-order valence-corrected chi connectivity index (χ4v) is 1.86. The third-order valence-electron chi connectivity index (χ3n) is 3.56. The molecule has 124 valence electrons. The van der Waals surface area contributed by atoms with Crippen LogP contribution in [-0.4, -0.2) is 35.3 Å². The Morgan fingerprint density at radius 2 is 1.64 bits per heavy atom. The van der Waals surface area contributed by atoms with E-state index in [4.69, 9.17) is 5.11 Å². The van der Waals surface area contributed by atoms with E-state index >= 15 is 0 Å². The minimum Gasteiger partial charge on any atom is -0.481 e. The molecule has 1 aliphatic rings. The zero-order valence-corrected chi connectivity index (χ0v) is 13.1. The van der Waals surface area contributed by atoms with Crippen LogP contribution < -0.4 is 10.6 Å². The van der Waals surface area contributed by atoms with Crippen LogP contribution in [0.2, 0.25) is 0 Å². The fourth-order valence-electron chi connectivity index (χ4n) is 1.86. The van der Waals surface area contributed by atoms with Crippen molar-refractivity contribution in [3.05, 3.63) is 0 Å². The maximum atomic E-state index is 11.6. The SMILES string of the molecule is CC(C)(CCC(=O)NC(=O)CCC(=O)O)CNC(=O)C1CC1. The normalized spacial score (nSPS) is 14.3. The molecule has 1 fully saturated rings. The van der Waals surface area contributed by atoms with Crippen molar-refractivity contribution < 1.29 is 24.3 Å². The molecular formula is C15H24N2O5. The van der Waals surface area contributed by atoms with Gasteiger partial charge >= 0.3 is 5.97 Å². The fraction of sp³-hybridized carbons (Fsp3) is 0.733. The van der Waals surface area contributed by atoms with Gasteiger partial charge in [0, 0.05) is 25.3 Å². The van der Waals surface area contributed by atoms with Crippen LogP contribution in [0.4, 0.5) is 0 Å². The monoisotopic (exact) mass is 312 g/mol. The first-order chi connectivity index (χ1) is 10.2. The van der Waals surface area contributed by atoms with Gasteiger partial charge in [-0.3, -0.25) is 24.5 Å². The van der Waals surface area contributed by atoms with E-state index in [0.717, 1.165) is 12.8 Å². The summed E-state index contributed by atoms with van der Waals surface area (Å²) in [7, 11) is 0. The Balaban J connectivity index is 2.21. The number of rotatable bonds is 9. The quantitative estimate of drug-likeness (QED) is 0.583. The third kappa shape index (κ3) is 7.75. The molecule has 0 aromatic carbocycles. The van der Waals surface area contributed by atoms with Gasteiger partial charge in [-0.1, -0.05) is 13.8 Å². The number of aliphatic carboxylic acids is 1. The minimum atomic E-state index is -1.07. The highest BCUT2D eigenvalue weighted by Crippen LogP contribution is 2.29.